The molecule has 1 saturated heterocycles. The first-order valence-corrected chi connectivity index (χ1v) is 7.87. The molecule has 2 fully saturated rings. The number of hydrogen-bond acceptors (Lipinski definition) is 2. The normalized spacial score (nSPS) is 29.8. The summed E-state index contributed by atoms with van der Waals surface area (Å²) in [7, 11) is 0. The van der Waals surface area contributed by atoms with E-state index in [2.05, 4.69) is 10.7 Å². The lowest BCUT2D eigenvalue weighted by atomic mass is 9.77. The average molecular weight is 275 g/mol. The fourth-order valence-corrected chi connectivity index (χ4v) is 3.73. The van der Waals surface area contributed by atoms with Crippen LogP contribution in [0.25, 0.3) is 0 Å². The number of fused-ring (bicyclic) bond motifs is 1. The van der Waals surface area contributed by atoms with Crippen molar-refractivity contribution in [2.75, 3.05) is 5.43 Å². The van der Waals surface area contributed by atoms with E-state index >= 15 is 0 Å². The second kappa shape index (κ2) is 5.60. The maximum atomic E-state index is 12.4. The van der Waals surface area contributed by atoms with Crippen LogP contribution in [-0.4, -0.2) is 22.7 Å². The molecular formula is C16H25N3O. The van der Waals surface area contributed by atoms with Gasteiger partial charge < -0.3 is 5.32 Å². The van der Waals surface area contributed by atoms with Crippen molar-refractivity contribution in [3.8, 4) is 0 Å². The Hall–Kier alpha value is -1.29. The minimum Gasteiger partial charge on any atom is -0.303 e. The second-order valence-corrected chi connectivity index (χ2v) is 6.38. The topological polar surface area (TPSA) is 46.1 Å². The Morgan fingerprint density at radius 1 is 1.15 bits per heavy atom. The van der Waals surface area contributed by atoms with Crippen molar-refractivity contribution in [3.05, 3.63) is 23.5 Å². The van der Waals surface area contributed by atoms with Gasteiger partial charge in [-0.25, -0.2) is 0 Å². The Morgan fingerprint density at radius 3 is 2.60 bits per heavy atom. The lowest BCUT2D eigenvalue weighted by Gasteiger charge is -2.39. The Bertz CT molecular complexity index is 474. The van der Waals surface area contributed by atoms with Crippen molar-refractivity contribution in [2.24, 2.45) is 5.92 Å². The number of aromatic nitrogens is 1. The monoisotopic (exact) mass is 275 g/mol. The van der Waals surface area contributed by atoms with Gasteiger partial charge in [0.2, 0.25) is 0 Å². The summed E-state index contributed by atoms with van der Waals surface area (Å²) < 4.78 is 1.89. The van der Waals surface area contributed by atoms with E-state index in [-0.39, 0.29) is 11.9 Å². The molecule has 2 N–H and O–H groups in total. The molecule has 1 aromatic heterocycles. The first-order valence-electron chi connectivity index (χ1n) is 7.87. The maximum Gasteiger partial charge on any atom is 0.255 e. The van der Waals surface area contributed by atoms with Crippen molar-refractivity contribution in [1.82, 2.24) is 9.99 Å². The molecule has 1 aliphatic carbocycles. The fraction of sp³-hybridized carbons (Fsp3) is 0.688. The van der Waals surface area contributed by atoms with Gasteiger partial charge >= 0.3 is 0 Å². The number of nitrogens with zero attached hydrogens (tertiary/aromatic N) is 1. The number of aryl methyl sites for hydroxylation is 2. The second-order valence-electron chi connectivity index (χ2n) is 6.38. The van der Waals surface area contributed by atoms with E-state index in [4.69, 9.17) is 0 Å². The molecule has 3 rings (SSSR count). The summed E-state index contributed by atoms with van der Waals surface area (Å²) in [6.07, 6.45) is 7.39. The molecule has 3 unspecified atom stereocenters. The number of carbonyl (C=O) groups excluding carboxylic acids is 1. The Kier molecular flexibility index (Phi) is 3.83. The number of amides is 1. The predicted molar refractivity (Wildman–Crippen MR) is 80.2 cm³/mol. The zero-order valence-electron chi connectivity index (χ0n) is 12.5. The highest BCUT2D eigenvalue weighted by Crippen LogP contribution is 2.32. The van der Waals surface area contributed by atoms with Crippen molar-refractivity contribution in [1.29, 1.82) is 0 Å². The molecule has 0 spiro atoms. The molecule has 3 atom stereocenters. The predicted octanol–water partition coefficient (Wildman–Crippen LogP) is 2.49. The van der Waals surface area contributed by atoms with Gasteiger partial charge in [0.1, 0.15) is 0 Å². The highest BCUT2D eigenvalue weighted by Gasteiger charge is 2.34. The van der Waals surface area contributed by atoms with Crippen LogP contribution in [0.2, 0.25) is 0 Å². The van der Waals surface area contributed by atoms with Gasteiger partial charge in [-0.2, -0.15) is 0 Å². The van der Waals surface area contributed by atoms with Gasteiger partial charge in [0, 0.05) is 17.4 Å². The number of carbonyl (C=O) groups is 1. The van der Waals surface area contributed by atoms with Crippen LogP contribution in [-0.2, 0) is 4.79 Å². The molecule has 1 aromatic rings. The van der Waals surface area contributed by atoms with Crippen LogP contribution in [0.15, 0.2) is 12.1 Å². The van der Waals surface area contributed by atoms with Crippen LogP contribution in [0, 0.1) is 19.8 Å². The van der Waals surface area contributed by atoms with Crippen LogP contribution in [0.5, 0.6) is 0 Å². The Balaban J connectivity index is 1.63. The van der Waals surface area contributed by atoms with E-state index in [9.17, 15) is 4.79 Å². The molecule has 110 valence electrons. The SMILES string of the molecule is Cc1ccc(C)n1NC(=O)C1CCC2CCCCC2N1. The molecule has 1 amide bonds. The third-order valence-corrected chi connectivity index (χ3v) is 4.96. The summed E-state index contributed by atoms with van der Waals surface area (Å²) in [6.45, 7) is 4.03. The Morgan fingerprint density at radius 2 is 1.85 bits per heavy atom. The van der Waals surface area contributed by atoms with E-state index in [1.165, 1.54) is 32.1 Å². The van der Waals surface area contributed by atoms with Crippen LogP contribution >= 0.6 is 0 Å². The number of hydrogen-bond donors (Lipinski definition) is 2. The zero-order valence-corrected chi connectivity index (χ0v) is 12.5. The molecule has 4 heteroatoms. The van der Waals surface area contributed by atoms with Gasteiger partial charge in [-0.1, -0.05) is 12.8 Å². The van der Waals surface area contributed by atoms with Crippen molar-refractivity contribution < 1.29 is 4.79 Å². The standard InChI is InChI=1S/C16H25N3O/c1-11-7-8-12(2)19(11)18-16(20)15-10-9-13-5-3-4-6-14(13)17-15/h7-8,13-15,17H,3-6,9-10H2,1-2H3,(H,18,20). The molecule has 2 aliphatic rings. The highest BCUT2D eigenvalue weighted by molar-refractivity contribution is 5.89. The smallest absolute Gasteiger partial charge is 0.255 e. The Labute approximate surface area is 120 Å². The number of nitrogens with one attached hydrogen (secondary N) is 2. The summed E-state index contributed by atoms with van der Waals surface area (Å²) in [4.78, 5) is 12.4. The van der Waals surface area contributed by atoms with E-state index in [1.54, 1.807) is 0 Å². The molecule has 0 bridgehead atoms. The molecule has 2 heterocycles. The zero-order chi connectivity index (χ0) is 14.1. The maximum absolute atomic E-state index is 12.4. The van der Waals surface area contributed by atoms with Gasteiger partial charge in [0.15, 0.2) is 0 Å². The van der Waals surface area contributed by atoms with Crippen LogP contribution in [0.4, 0.5) is 0 Å². The van der Waals surface area contributed by atoms with Crippen molar-refractivity contribution in [2.45, 2.75) is 64.5 Å². The number of piperidine rings is 1. The van der Waals surface area contributed by atoms with Gasteiger partial charge in [0.05, 0.1) is 6.04 Å². The minimum absolute atomic E-state index is 0.0319. The van der Waals surface area contributed by atoms with E-state index in [1.807, 2.05) is 30.7 Å². The van der Waals surface area contributed by atoms with Crippen LogP contribution in [0.3, 0.4) is 0 Å². The summed E-state index contributed by atoms with van der Waals surface area (Å²) >= 11 is 0. The van der Waals surface area contributed by atoms with Gasteiger partial charge in [-0.3, -0.25) is 14.9 Å². The summed E-state index contributed by atoms with van der Waals surface area (Å²) in [5.41, 5.74) is 5.18. The number of rotatable bonds is 2. The molecule has 1 aliphatic heterocycles. The molecule has 1 saturated carbocycles. The van der Waals surface area contributed by atoms with E-state index in [0.717, 1.165) is 23.7 Å². The van der Waals surface area contributed by atoms with E-state index in [0.29, 0.717) is 6.04 Å². The first-order chi connectivity index (χ1) is 9.65. The lowest BCUT2D eigenvalue weighted by molar-refractivity contribution is -0.120. The van der Waals surface area contributed by atoms with Crippen LogP contribution in [0.1, 0.15) is 49.9 Å². The molecule has 0 aromatic carbocycles. The summed E-state index contributed by atoms with van der Waals surface area (Å²) in [5.74, 6) is 0.902. The van der Waals surface area contributed by atoms with Crippen LogP contribution < -0.4 is 10.7 Å². The minimum atomic E-state index is -0.0319. The average Bonchev–Trinajstić information content (AvgIpc) is 2.78. The molecule has 4 nitrogen and oxygen atoms in total. The summed E-state index contributed by atoms with van der Waals surface area (Å²) in [5, 5.41) is 3.58. The highest BCUT2D eigenvalue weighted by atomic mass is 16.2. The van der Waals surface area contributed by atoms with Crippen molar-refractivity contribution >= 4 is 5.91 Å². The molecular weight excluding hydrogens is 250 g/mol. The third-order valence-electron chi connectivity index (χ3n) is 4.96. The van der Waals surface area contributed by atoms with Gasteiger partial charge in [0.25, 0.3) is 5.91 Å². The van der Waals surface area contributed by atoms with Gasteiger partial charge in [-0.05, 0) is 57.6 Å². The van der Waals surface area contributed by atoms with E-state index < -0.39 is 0 Å². The first kappa shape index (κ1) is 13.7. The molecule has 20 heavy (non-hydrogen) atoms. The fourth-order valence-electron chi connectivity index (χ4n) is 3.73. The lowest BCUT2D eigenvalue weighted by Crippen LogP contribution is -2.54. The largest absolute Gasteiger partial charge is 0.303 e. The van der Waals surface area contributed by atoms with Gasteiger partial charge in [-0.15, -0.1) is 0 Å². The molecule has 0 radical (unpaired) electrons. The summed E-state index contributed by atoms with van der Waals surface area (Å²) in [6, 6.07) is 4.58. The van der Waals surface area contributed by atoms with Crippen molar-refractivity contribution in [3.63, 3.8) is 0 Å². The quantitative estimate of drug-likeness (QED) is 0.871. The third kappa shape index (κ3) is 2.62.